The summed E-state index contributed by atoms with van der Waals surface area (Å²) in [5.41, 5.74) is 0.777. The van der Waals surface area contributed by atoms with Crippen molar-refractivity contribution in [2.75, 3.05) is 31.1 Å². The molecule has 0 spiro atoms. The number of amides is 1. The summed E-state index contributed by atoms with van der Waals surface area (Å²) in [6.45, 7) is 2.42. The lowest BCUT2D eigenvalue weighted by Crippen LogP contribution is -2.49. The van der Waals surface area contributed by atoms with E-state index in [0.717, 1.165) is 5.69 Å². The third-order valence-electron chi connectivity index (χ3n) is 4.24. The Kier molecular flexibility index (Phi) is 3.45. The van der Waals surface area contributed by atoms with Crippen LogP contribution in [0.15, 0.2) is 24.3 Å². The van der Waals surface area contributed by atoms with Crippen LogP contribution >= 0.6 is 0 Å². The zero-order chi connectivity index (χ0) is 15.0. The molecule has 21 heavy (non-hydrogen) atoms. The van der Waals surface area contributed by atoms with Crippen LogP contribution in [0.1, 0.15) is 6.42 Å². The standard InChI is InChI=1S/C15H18N2O4/c18-13-4-2-1-3-12(13)16-5-7-17(8-6-16)14(19)10-9-11(10)15(20)21/h1-4,10-11,18H,5-9H2,(H,20,21). The molecular formula is C15H18N2O4. The predicted octanol–water partition coefficient (Wildman–Crippen LogP) is 0.761. The molecule has 2 unspecified atom stereocenters. The Balaban J connectivity index is 1.57. The number of carbonyl (C=O) groups excluding carboxylic acids is 1. The number of carboxylic acid groups (broad SMARTS) is 1. The van der Waals surface area contributed by atoms with Crippen LogP contribution in [0.4, 0.5) is 5.69 Å². The maximum atomic E-state index is 12.2. The third-order valence-corrected chi connectivity index (χ3v) is 4.24. The van der Waals surface area contributed by atoms with Gasteiger partial charge in [0.1, 0.15) is 5.75 Å². The molecule has 2 fully saturated rings. The van der Waals surface area contributed by atoms with Gasteiger partial charge in [0, 0.05) is 26.2 Å². The lowest BCUT2D eigenvalue weighted by atomic mass is 10.2. The molecule has 6 heteroatoms. The van der Waals surface area contributed by atoms with Crippen molar-refractivity contribution in [1.82, 2.24) is 4.90 Å². The molecule has 2 N–H and O–H groups in total. The van der Waals surface area contributed by atoms with Crippen LogP contribution in [0.3, 0.4) is 0 Å². The molecule has 1 heterocycles. The number of piperazine rings is 1. The smallest absolute Gasteiger partial charge is 0.307 e. The van der Waals surface area contributed by atoms with Gasteiger partial charge in [0.15, 0.2) is 0 Å². The van der Waals surface area contributed by atoms with Crippen molar-refractivity contribution in [3.8, 4) is 5.75 Å². The van der Waals surface area contributed by atoms with Gasteiger partial charge in [-0.3, -0.25) is 9.59 Å². The second-order valence-corrected chi connectivity index (χ2v) is 5.59. The minimum absolute atomic E-state index is 0.0423. The Morgan fingerprint density at radius 1 is 1.05 bits per heavy atom. The number of anilines is 1. The van der Waals surface area contributed by atoms with Gasteiger partial charge in [0.05, 0.1) is 17.5 Å². The van der Waals surface area contributed by atoms with E-state index in [9.17, 15) is 14.7 Å². The van der Waals surface area contributed by atoms with Crippen LogP contribution in [-0.2, 0) is 9.59 Å². The van der Waals surface area contributed by atoms with E-state index in [1.165, 1.54) is 0 Å². The average Bonchev–Trinajstić information content (AvgIpc) is 3.28. The highest BCUT2D eigenvalue weighted by Crippen LogP contribution is 2.40. The number of hydrogen-bond acceptors (Lipinski definition) is 4. The summed E-state index contributed by atoms with van der Waals surface area (Å²) >= 11 is 0. The summed E-state index contributed by atoms with van der Waals surface area (Å²) < 4.78 is 0. The van der Waals surface area contributed by atoms with Crippen molar-refractivity contribution in [1.29, 1.82) is 0 Å². The van der Waals surface area contributed by atoms with Crippen molar-refractivity contribution in [3.63, 3.8) is 0 Å². The Morgan fingerprint density at radius 3 is 2.29 bits per heavy atom. The molecule has 1 amide bonds. The first-order valence-electron chi connectivity index (χ1n) is 7.12. The van der Waals surface area contributed by atoms with Gasteiger partial charge in [-0.25, -0.2) is 0 Å². The lowest BCUT2D eigenvalue weighted by molar-refractivity contribution is -0.142. The molecule has 1 aromatic carbocycles. The monoisotopic (exact) mass is 290 g/mol. The third kappa shape index (κ3) is 2.66. The van der Waals surface area contributed by atoms with Crippen molar-refractivity contribution in [3.05, 3.63) is 24.3 Å². The molecule has 1 aliphatic heterocycles. The van der Waals surface area contributed by atoms with Gasteiger partial charge in [-0.2, -0.15) is 0 Å². The number of aliphatic carboxylic acids is 1. The van der Waals surface area contributed by atoms with Crippen molar-refractivity contribution < 1.29 is 19.8 Å². The van der Waals surface area contributed by atoms with Gasteiger partial charge >= 0.3 is 5.97 Å². The van der Waals surface area contributed by atoms with Gasteiger partial charge in [-0.15, -0.1) is 0 Å². The number of nitrogens with zero attached hydrogens (tertiary/aromatic N) is 2. The Morgan fingerprint density at radius 2 is 1.71 bits per heavy atom. The topological polar surface area (TPSA) is 81.1 Å². The minimum Gasteiger partial charge on any atom is -0.506 e. The number of hydrogen-bond donors (Lipinski definition) is 2. The molecule has 6 nitrogen and oxygen atoms in total. The Labute approximate surface area is 122 Å². The zero-order valence-corrected chi connectivity index (χ0v) is 11.6. The average molecular weight is 290 g/mol. The first kappa shape index (κ1) is 13.7. The second-order valence-electron chi connectivity index (χ2n) is 5.59. The van der Waals surface area contributed by atoms with Crippen LogP contribution in [0.25, 0.3) is 0 Å². The summed E-state index contributed by atoms with van der Waals surface area (Å²) in [4.78, 5) is 26.8. The Bertz CT molecular complexity index is 567. The van der Waals surface area contributed by atoms with Gasteiger partial charge in [-0.1, -0.05) is 12.1 Å². The zero-order valence-electron chi connectivity index (χ0n) is 11.6. The quantitative estimate of drug-likeness (QED) is 0.859. The maximum Gasteiger partial charge on any atom is 0.307 e. The molecule has 2 atom stereocenters. The number of phenolic OH excluding ortho intramolecular Hbond substituents is 1. The summed E-state index contributed by atoms with van der Waals surface area (Å²) in [7, 11) is 0. The van der Waals surface area contributed by atoms with E-state index in [1.807, 2.05) is 17.0 Å². The summed E-state index contributed by atoms with van der Waals surface area (Å²) in [5, 5.41) is 18.7. The molecule has 1 aliphatic carbocycles. The van der Waals surface area contributed by atoms with Crippen LogP contribution in [-0.4, -0.2) is 53.2 Å². The van der Waals surface area contributed by atoms with Crippen LogP contribution in [0, 0.1) is 11.8 Å². The van der Waals surface area contributed by atoms with Gasteiger partial charge in [0.2, 0.25) is 5.91 Å². The molecule has 0 aromatic heterocycles. The molecule has 0 radical (unpaired) electrons. The number of phenols is 1. The van der Waals surface area contributed by atoms with Crippen molar-refractivity contribution in [2.24, 2.45) is 11.8 Å². The number of carboxylic acids is 1. The fourth-order valence-electron chi connectivity index (χ4n) is 2.87. The highest BCUT2D eigenvalue weighted by atomic mass is 16.4. The van der Waals surface area contributed by atoms with E-state index in [1.54, 1.807) is 17.0 Å². The van der Waals surface area contributed by atoms with E-state index in [2.05, 4.69) is 0 Å². The molecule has 0 bridgehead atoms. The molecule has 2 aliphatic rings. The SMILES string of the molecule is O=C(O)C1CC1C(=O)N1CCN(c2ccccc2O)CC1. The van der Waals surface area contributed by atoms with E-state index < -0.39 is 11.9 Å². The summed E-state index contributed by atoms with van der Waals surface area (Å²) in [6, 6.07) is 7.15. The number of para-hydroxylation sites is 2. The lowest BCUT2D eigenvalue weighted by Gasteiger charge is -2.36. The van der Waals surface area contributed by atoms with Crippen LogP contribution in [0.5, 0.6) is 5.75 Å². The van der Waals surface area contributed by atoms with E-state index >= 15 is 0 Å². The van der Waals surface area contributed by atoms with Crippen molar-refractivity contribution in [2.45, 2.75) is 6.42 Å². The molecule has 1 aromatic rings. The van der Waals surface area contributed by atoms with Gasteiger partial charge in [-0.05, 0) is 18.6 Å². The molecule has 1 saturated carbocycles. The largest absolute Gasteiger partial charge is 0.506 e. The van der Waals surface area contributed by atoms with Gasteiger partial charge in [0.25, 0.3) is 0 Å². The summed E-state index contributed by atoms with van der Waals surface area (Å²) in [5.74, 6) is -1.50. The highest BCUT2D eigenvalue weighted by Gasteiger charge is 2.50. The molecule has 1 saturated heterocycles. The van der Waals surface area contributed by atoms with Crippen LogP contribution < -0.4 is 4.90 Å². The summed E-state index contributed by atoms with van der Waals surface area (Å²) in [6.07, 6.45) is 0.466. The minimum atomic E-state index is -0.874. The highest BCUT2D eigenvalue weighted by molar-refractivity contribution is 5.89. The number of rotatable bonds is 3. The van der Waals surface area contributed by atoms with E-state index in [4.69, 9.17) is 5.11 Å². The van der Waals surface area contributed by atoms with E-state index in [0.29, 0.717) is 32.6 Å². The number of carbonyl (C=O) groups is 2. The molecule has 3 rings (SSSR count). The number of benzene rings is 1. The molecular weight excluding hydrogens is 272 g/mol. The van der Waals surface area contributed by atoms with Crippen LogP contribution in [0.2, 0.25) is 0 Å². The predicted molar refractivity (Wildman–Crippen MR) is 76.1 cm³/mol. The second kappa shape index (κ2) is 5.27. The first-order chi connectivity index (χ1) is 10.1. The Hall–Kier alpha value is -2.24. The maximum absolute atomic E-state index is 12.2. The normalized spacial score (nSPS) is 24.8. The fraction of sp³-hybridized carbons (Fsp3) is 0.467. The number of aromatic hydroxyl groups is 1. The fourth-order valence-corrected chi connectivity index (χ4v) is 2.87. The van der Waals surface area contributed by atoms with E-state index in [-0.39, 0.29) is 17.6 Å². The molecule has 112 valence electrons. The first-order valence-corrected chi connectivity index (χ1v) is 7.12. The van der Waals surface area contributed by atoms with Crippen molar-refractivity contribution >= 4 is 17.6 Å². The van der Waals surface area contributed by atoms with Gasteiger partial charge < -0.3 is 20.0 Å².